The average molecular weight is 353 g/mol. The predicted molar refractivity (Wildman–Crippen MR) is 94.9 cm³/mol. The number of amides is 1. The molecule has 1 amide bonds. The van der Waals surface area contributed by atoms with Gasteiger partial charge >= 0.3 is 5.97 Å². The van der Waals surface area contributed by atoms with Gasteiger partial charge in [-0.15, -0.1) is 0 Å². The van der Waals surface area contributed by atoms with E-state index in [1.807, 2.05) is 36.2 Å². The van der Waals surface area contributed by atoms with Crippen molar-refractivity contribution < 1.29 is 19.4 Å². The monoisotopic (exact) mass is 353 g/mol. The summed E-state index contributed by atoms with van der Waals surface area (Å²) in [5, 5.41) is 14.2. The van der Waals surface area contributed by atoms with E-state index in [-0.39, 0.29) is 5.91 Å². The number of carbonyl (C=O) groups is 2. The van der Waals surface area contributed by atoms with Gasteiger partial charge in [0.2, 0.25) is 0 Å². The minimum absolute atomic E-state index is 0.310. The largest absolute Gasteiger partial charge is 0.468 e. The number of nitrogens with one attached hydrogen (secondary N) is 1. The van der Waals surface area contributed by atoms with Crippen LogP contribution in [-0.4, -0.2) is 48.7 Å². The van der Waals surface area contributed by atoms with Gasteiger partial charge in [0.15, 0.2) is 0 Å². The third-order valence-corrected chi connectivity index (χ3v) is 5.97. The molecule has 0 unspecified atom stereocenters. The number of rotatable bonds is 3. The SMILES string of the molecule is COC(=O)[C@]1([C@H](O)[C]2[CH][CH][CH][CH]2)CCN(C)[C@@]12C(=O)Nc1ccccc12. The molecule has 6 nitrogen and oxygen atoms in total. The molecule has 1 aliphatic carbocycles. The zero-order valence-corrected chi connectivity index (χ0v) is 14.7. The highest BCUT2D eigenvalue weighted by molar-refractivity contribution is 6.10. The number of anilines is 1. The summed E-state index contributed by atoms with van der Waals surface area (Å²) in [6.45, 7) is 0.481. The highest BCUT2D eigenvalue weighted by atomic mass is 16.5. The maximum absolute atomic E-state index is 13.3. The molecule has 1 aromatic carbocycles. The summed E-state index contributed by atoms with van der Waals surface area (Å²) in [7, 11) is 3.11. The van der Waals surface area contributed by atoms with E-state index < -0.39 is 23.0 Å². The number of benzene rings is 1. The van der Waals surface area contributed by atoms with Crippen LogP contribution in [0.4, 0.5) is 5.69 Å². The molecule has 1 aromatic rings. The van der Waals surface area contributed by atoms with Crippen molar-refractivity contribution in [2.75, 3.05) is 26.0 Å². The van der Waals surface area contributed by atoms with E-state index in [0.717, 1.165) is 0 Å². The van der Waals surface area contributed by atoms with E-state index in [0.29, 0.717) is 30.1 Å². The summed E-state index contributed by atoms with van der Waals surface area (Å²) in [6, 6.07) is 7.32. The fourth-order valence-electron chi connectivity index (χ4n) is 4.83. The smallest absolute Gasteiger partial charge is 0.317 e. The van der Waals surface area contributed by atoms with Crippen LogP contribution in [-0.2, 0) is 19.9 Å². The van der Waals surface area contributed by atoms with Gasteiger partial charge in [0, 0.05) is 23.7 Å². The third kappa shape index (κ3) is 1.94. The van der Waals surface area contributed by atoms with Crippen LogP contribution in [0, 0.1) is 37.0 Å². The number of ether oxygens (including phenoxy) is 1. The molecule has 1 saturated carbocycles. The van der Waals surface area contributed by atoms with E-state index in [1.54, 1.807) is 25.7 Å². The van der Waals surface area contributed by atoms with E-state index >= 15 is 0 Å². The Bertz CT molecular complexity index is 745. The summed E-state index contributed by atoms with van der Waals surface area (Å²) in [5.74, 6) is -0.292. The second kappa shape index (κ2) is 6.06. The average Bonchev–Trinajstić information content (AvgIpc) is 3.35. The molecule has 3 aliphatic rings. The second-order valence-corrected chi connectivity index (χ2v) is 6.97. The summed E-state index contributed by atoms with van der Waals surface area (Å²) >= 11 is 0. The Morgan fingerprint density at radius 2 is 2.00 bits per heavy atom. The summed E-state index contributed by atoms with van der Waals surface area (Å²) in [5.41, 5.74) is -1.41. The lowest BCUT2D eigenvalue weighted by atomic mass is 9.60. The third-order valence-electron chi connectivity index (χ3n) is 5.97. The Morgan fingerprint density at radius 1 is 1.31 bits per heavy atom. The quantitative estimate of drug-likeness (QED) is 0.796. The predicted octanol–water partition coefficient (Wildman–Crippen LogP) is 1.10. The first-order valence-electron chi connectivity index (χ1n) is 8.60. The number of aliphatic hydroxyl groups is 1. The van der Waals surface area contributed by atoms with Crippen LogP contribution in [0.5, 0.6) is 0 Å². The van der Waals surface area contributed by atoms with Crippen LogP contribution < -0.4 is 5.32 Å². The Kier molecular flexibility index (Phi) is 4.08. The topological polar surface area (TPSA) is 78.9 Å². The number of aliphatic hydroxyl groups excluding tert-OH is 1. The summed E-state index contributed by atoms with van der Waals surface area (Å²) < 4.78 is 5.15. The van der Waals surface area contributed by atoms with Crippen molar-refractivity contribution in [1.82, 2.24) is 4.90 Å². The number of para-hydroxylation sites is 1. The number of esters is 1. The van der Waals surface area contributed by atoms with Crippen LogP contribution >= 0.6 is 0 Å². The number of carbonyl (C=O) groups excluding carboxylic acids is 2. The number of fused-ring (bicyclic) bond motifs is 2. The first-order chi connectivity index (χ1) is 12.5. The first kappa shape index (κ1) is 17.5. The maximum Gasteiger partial charge on any atom is 0.317 e. The Morgan fingerprint density at radius 3 is 2.69 bits per heavy atom. The molecule has 4 rings (SSSR count). The molecule has 135 valence electrons. The Labute approximate surface area is 153 Å². The van der Waals surface area contributed by atoms with Gasteiger partial charge in [-0.2, -0.15) is 0 Å². The fourth-order valence-corrected chi connectivity index (χ4v) is 4.83. The van der Waals surface area contributed by atoms with Crippen LogP contribution in [0.3, 0.4) is 0 Å². The molecule has 26 heavy (non-hydrogen) atoms. The van der Waals surface area contributed by atoms with E-state index in [2.05, 4.69) is 5.32 Å². The zero-order valence-electron chi connectivity index (χ0n) is 14.7. The standard InChI is InChI=1S/C20H21N2O4/c1-22-12-11-19(18(25)26-2,16(23)13-7-3-4-8-13)20(22)14-9-5-6-10-15(14)21-17(20)24/h3-10,16,23H,11-12H2,1-2H3,(H,21,24)/t16-,19-,20+/m1/s1. The number of likely N-dealkylation sites (N-methyl/N-ethyl adjacent to an activating group) is 1. The van der Waals surface area contributed by atoms with Gasteiger partial charge in [-0.3, -0.25) is 14.5 Å². The van der Waals surface area contributed by atoms with Gasteiger partial charge in [-0.05, 0) is 45.2 Å². The fraction of sp³-hybridized carbons (Fsp3) is 0.350. The zero-order chi connectivity index (χ0) is 18.5. The maximum atomic E-state index is 13.3. The minimum atomic E-state index is -1.44. The van der Waals surface area contributed by atoms with Crippen molar-refractivity contribution in [1.29, 1.82) is 0 Å². The molecule has 3 atom stereocenters. The molecule has 0 aromatic heterocycles. The van der Waals surface area contributed by atoms with Gasteiger partial charge in [0.25, 0.3) is 5.91 Å². The van der Waals surface area contributed by atoms with Gasteiger partial charge < -0.3 is 15.2 Å². The second-order valence-electron chi connectivity index (χ2n) is 6.97. The molecular weight excluding hydrogens is 332 g/mol. The highest BCUT2D eigenvalue weighted by Gasteiger charge is 2.74. The van der Waals surface area contributed by atoms with Crippen molar-refractivity contribution in [3.63, 3.8) is 0 Å². The van der Waals surface area contributed by atoms with E-state index in [9.17, 15) is 14.7 Å². The first-order valence-corrected chi connectivity index (χ1v) is 8.60. The highest BCUT2D eigenvalue weighted by Crippen LogP contribution is 2.60. The van der Waals surface area contributed by atoms with Crippen molar-refractivity contribution in [2.24, 2.45) is 5.41 Å². The number of hydrogen-bond donors (Lipinski definition) is 2. The van der Waals surface area contributed by atoms with Crippen molar-refractivity contribution in [3.05, 3.63) is 61.4 Å². The van der Waals surface area contributed by atoms with Crippen LogP contribution in [0.1, 0.15) is 12.0 Å². The molecule has 2 fully saturated rings. The lowest BCUT2D eigenvalue weighted by Gasteiger charge is -2.46. The summed E-state index contributed by atoms with van der Waals surface area (Å²) in [6.07, 6.45) is 6.27. The number of methoxy groups -OCH3 is 1. The molecule has 1 spiro atoms. The Hall–Kier alpha value is -1.92. The normalized spacial score (nSPS) is 32.7. The number of hydrogen-bond acceptors (Lipinski definition) is 5. The summed E-state index contributed by atoms with van der Waals surface area (Å²) in [4.78, 5) is 28.3. The molecule has 0 bridgehead atoms. The van der Waals surface area contributed by atoms with Crippen molar-refractivity contribution in [2.45, 2.75) is 18.1 Å². The lowest BCUT2D eigenvalue weighted by molar-refractivity contribution is -0.172. The lowest BCUT2D eigenvalue weighted by Crippen LogP contribution is -2.63. The minimum Gasteiger partial charge on any atom is -0.468 e. The molecular formula is C20H21N2O4. The van der Waals surface area contributed by atoms with Crippen LogP contribution in [0.15, 0.2) is 24.3 Å². The van der Waals surface area contributed by atoms with E-state index in [1.165, 1.54) is 7.11 Å². The number of likely N-dealkylation sites (tertiary alicyclic amines) is 1. The van der Waals surface area contributed by atoms with Gasteiger partial charge in [-0.1, -0.05) is 18.2 Å². The van der Waals surface area contributed by atoms with Crippen molar-refractivity contribution in [3.8, 4) is 0 Å². The Balaban J connectivity index is 1.96. The van der Waals surface area contributed by atoms with Gasteiger partial charge in [-0.25, -0.2) is 0 Å². The molecule has 5 radical (unpaired) electrons. The van der Waals surface area contributed by atoms with Crippen LogP contribution in [0.25, 0.3) is 0 Å². The van der Waals surface area contributed by atoms with Gasteiger partial charge in [0.1, 0.15) is 11.0 Å². The number of nitrogens with zero attached hydrogens (tertiary/aromatic N) is 1. The van der Waals surface area contributed by atoms with Crippen LogP contribution in [0.2, 0.25) is 0 Å². The van der Waals surface area contributed by atoms with Crippen molar-refractivity contribution >= 4 is 17.6 Å². The molecule has 2 aliphatic heterocycles. The molecule has 1 saturated heterocycles. The van der Waals surface area contributed by atoms with E-state index in [4.69, 9.17) is 4.74 Å². The molecule has 6 heteroatoms. The molecule has 2 heterocycles. The van der Waals surface area contributed by atoms with Gasteiger partial charge in [0.05, 0.1) is 13.2 Å². The molecule has 2 N–H and O–H groups in total.